The number of nitrogens with zero attached hydrogens (tertiary/aromatic N) is 1. The largest absolute Gasteiger partial charge is 0.462 e. The zero-order valence-electron chi connectivity index (χ0n) is 13.6. The van der Waals surface area contributed by atoms with Gasteiger partial charge in [-0.05, 0) is 56.3 Å². The summed E-state index contributed by atoms with van der Waals surface area (Å²) in [6.07, 6.45) is -0.343. The van der Waals surface area contributed by atoms with E-state index in [9.17, 15) is 13.2 Å². The molecule has 0 aromatic heterocycles. The Morgan fingerprint density at radius 3 is 2.40 bits per heavy atom. The lowest BCUT2D eigenvalue weighted by Crippen LogP contribution is -2.37. The third-order valence-corrected chi connectivity index (χ3v) is 5.69. The average molecular weight is 447 g/mol. The van der Waals surface area contributed by atoms with Crippen molar-refractivity contribution in [3.8, 4) is 0 Å². The van der Waals surface area contributed by atoms with Gasteiger partial charge in [-0.25, -0.2) is 8.42 Å². The maximum atomic E-state index is 13.0. The number of esters is 1. The van der Waals surface area contributed by atoms with E-state index in [1.807, 2.05) is 0 Å². The molecule has 0 aliphatic rings. The molecule has 25 heavy (non-hydrogen) atoms. The molecule has 0 fully saturated rings. The molecule has 0 radical (unpaired) electrons. The second-order valence-corrected chi connectivity index (χ2v) is 8.70. The van der Waals surface area contributed by atoms with Gasteiger partial charge in [-0.1, -0.05) is 33.6 Å². The highest BCUT2D eigenvalue weighted by atomic mass is 79.9. The Morgan fingerprint density at radius 1 is 1.20 bits per heavy atom. The fourth-order valence-corrected chi connectivity index (χ4v) is 3.95. The minimum atomic E-state index is -3.97. The number of rotatable bonds is 6. The first-order valence-corrected chi connectivity index (χ1v) is 10.0. The average Bonchev–Trinajstić information content (AvgIpc) is 2.52. The van der Waals surface area contributed by atoms with Gasteiger partial charge in [0.25, 0.3) is 10.0 Å². The molecule has 2 aromatic rings. The number of hydrogen-bond acceptors (Lipinski definition) is 4. The van der Waals surface area contributed by atoms with Crippen LogP contribution in [-0.4, -0.2) is 27.0 Å². The first kappa shape index (κ1) is 19.8. The van der Waals surface area contributed by atoms with E-state index in [1.165, 1.54) is 18.2 Å². The van der Waals surface area contributed by atoms with Crippen molar-refractivity contribution in [1.29, 1.82) is 0 Å². The van der Waals surface area contributed by atoms with Crippen LogP contribution < -0.4 is 4.31 Å². The van der Waals surface area contributed by atoms with Crippen molar-refractivity contribution in [3.63, 3.8) is 0 Å². The van der Waals surface area contributed by atoms with Gasteiger partial charge in [0.1, 0.15) is 6.54 Å². The van der Waals surface area contributed by atoms with Crippen LogP contribution in [0, 0.1) is 0 Å². The number of carbonyl (C=O) groups excluding carboxylic acids is 1. The van der Waals surface area contributed by atoms with Gasteiger partial charge in [0.15, 0.2) is 0 Å². The van der Waals surface area contributed by atoms with E-state index in [4.69, 9.17) is 16.3 Å². The number of carbonyl (C=O) groups is 1. The fraction of sp³-hybridized carbons (Fsp3) is 0.235. The number of benzene rings is 2. The van der Waals surface area contributed by atoms with Crippen molar-refractivity contribution in [2.75, 3.05) is 10.8 Å². The van der Waals surface area contributed by atoms with Gasteiger partial charge in [0, 0.05) is 9.50 Å². The lowest BCUT2D eigenvalue weighted by Gasteiger charge is -2.24. The van der Waals surface area contributed by atoms with Crippen LogP contribution in [0.1, 0.15) is 13.8 Å². The zero-order valence-corrected chi connectivity index (χ0v) is 16.8. The summed E-state index contributed by atoms with van der Waals surface area (Å²) in [6.45, 7) is 2.95. The third-order valence-electron chi connectivity index (χ3n) is 3.14. The monoisotopic (exact) mass is 445 g/mol. The lowest BCUT2D eigenvalue weighted by molar-refractivity contribution is -0.145. The Kier molecular flexibility index (Phi) is 6.48. The highest BCUT2D eigenvalue weighted by molar-refractivity contribution is 9.10. The topological polar surface area (TPSA) is 63.7 Å². The summed E-state index contributed by atoms with van der Waals surface area (Å²) in [5, 5.41) is 0.366. The van der Waals surface area contributed by atoms with E-state index in [0.29, 0.717) is 5.02 Å². The Bertz CT molecular complexity index is 853. The van der Waals surface area contributed by atoms with Gasteiger partial charge in [0.2, 0.25) is 0 Å². The normalized spacial score (nSPS) is 11.4. The van der Waals surface area contributed by atoms with Crippen LogP contribution in [-0.2, 0) is 19.6 Å². The minimum absolute atomic E-state index is 0.0630. The van der Waals surface area contributed by atoms with Crippen molar-refractivity contribution in [3.05, 3.63) is 58.0 Å². The summed E-state index contributed by atoms with van der Waals surface area (Å²) in [4.78, 5) is 12.1. The molecular weight excluding hydrogens is 430 g/mol. The molecule has 0 aliphatic carbocycles. The molecule has 5 nitrogen and oxygen atoms in total. The Morgan fingerprint density at radius 2 is 1.84 bits per heavy atom. The van der Waals surface area contributed by atoms with Gasteiger partial charge in [-0.2, -0.15) is 0 Å². The summed E-state index contributed by atoms with van der Waals surface area (Å²) >= 11 is 9.25. The molecule has 0 saturated carbocycles. The molecule has 0 aliphatic heterocycles. The smallest absolute Gasteiger partial charge is 0.327 e. The molecule has 2 rings (SSSR count). The molecule has 0 amide bonds. The molecule has 0 atom stereocenters. The van der Waals surface area contributed by atoms with Crippen LogP contribution in [0.2, 0.25) is 5.02 Å². The predicted octanol–water partition coefficient (Wildman–Crippen LogP) is 4.25. The highest BCUT2D eigenvalue weighted by Gasteiger charge is 2.28. The maximum Gasteiger partial charge on any atom is 0.327 e. The van der Waals surface area contributed by atoms with Crippen molar-refractivity contribution in [2.45, 2.75) is 24.8 Å². The van der Waals surface area contributed by atoms with Gasteiger partial charge in [-0.15, -0.1) is 0 Å². The van der Waals surface area contributed by atoms with Gasteiger partial charge < -0.3 is 4.74 Å². The summed E-state index contributed by atoms with van der Waals surface area (Å²) in [5.41, 5.74) is 0.288. The molecule has 2 aromatic carbocycles. The SMILES string of the molecule is CC(C)OC(=O)CN(c1cccc(Cl)c1)S(=O)(=O)c1ccc(Br)cc1. The van der Waals surface area contributed by atoms with Crippen molar-refractivity contribution in [2.24, 2.45) is 0 Å². The molecule has 0 N–H and O–H groups in total. The Labute approximate surface area is 160 Å². The molecule has 0 saturated heterocycles. The number of ether oxygens (including phenoxy) is 1. The van der Waals surface area contributed by atoms with Crippen LogP contribution in [0.3, 0.4) is 0 Å². The molecule has 134 valence electrons. The molecule has 0 unspecified atom stereocenters. The lowest BCUT2D eigenvalue weighted by atomic mass is 10.3. The van der Waals surface area contributed by atoms with Gasteiger partial charge in [0.05, 0.1) is 16.7 Å². The summed E-state index contributed by atoms with van der Waals surface area (Å²) in [6, 6.07) is 12.5. The second-order valence-electron chi connectivity index (χ2n) is 5.48. The van der Waals surface area contributed by atoms with Gasteiger partial charge in [-0.3, -0.25) is 9.10 Å². The van der Waals surface area contributed by atoms with Crippen molar-refractivity contribution in [1.82, 2.24) is 0 Å². The molecule has 0 heterocycles. The van der Waals surface area contributed by atoms with Crippen LogP contribution in [0.15, 0.2) is 57.9 Å². The first-order chi connectivity index (χ1) is 11.7. The number of sulfonamides is 1. The summed E-state index contributed by atoms with van der Waals surface area (Å²) < 4.78 is 32.9. The van der Waals surface area contributed by atoms with E-state index in [-0.39, 0.29) is 16.7 Å². The number of hydrogen-bond donors (Lipinski definition) is 0. The fourth-order valence-electron chi connectivity index (χ4n) is 2.10. The predicted molar refractivity (Wildman–Crippen MR) is 101 cm³/mol. The van der Waals surface area contributed by atoms with Crippen molar-refractivity contribution < 1.29 is 17.9 Å². The first-order valence-electron chi connectivity index (χ1n) is 7.43. The molecule has 0 bridgehead atoms. The van der Waals surface area contributed by atoms with Crippen molar-refractivity contribution >= 4 is 49.2 Å². The van der Waals surface area contributed by atoms with E-state index >= 15 is 0 Å². The van der Waals surface area contributed by atoms with E-state index in [1.54, 1.807) is 44.2 Å². The third kappa shape index (κ3) is 5.20. The standard InChI is InChI=1S/C17H17BrClNO4S/c1-12(2)24-17(21)11-20(15-5-3-4-14(19)10-15)25(22,23)16-8-6-13(18)7-9-16/h3-10,12H,11H2,1-2H3. The Hall–Kier alpha value is -1.57. The quantitative estimate of drug-likeness (QED) is 0.622. The minimum Gasteiger partial charge on any atom is -0.462 e. The molecular formula is C17H17BrClNO4S. The number of halogens is 2. The van der Waals surface area contributed by atoms with Crippen LogP contribution in [0.5, 0.6) is 0 Å². The molecule has 8 heteroatoms. The summed E-state index contributed by atoms with van der Waals surface area (Å²) in [7, 11) is -3.97. The number of anilines is 1. The highest BCUT2D eigenvalue weighted by Crippen LogP contribution is 2.27. The van der Waals surface area contributed by atoms with E-state index in [0.717, 1.165) is 8.78 Å². The van der Waals surface area contributed by atoms with Crippen LogP contribution in [0.25, 0.3) is 0 Å². The zero-order chi connectivity index (χ0) is 18.6. The van der Waals surface area contributed by atoms with Crippen LogP contribution >= 0.6 is 27.5 Å². The second kappa shape index (κ2) is 8.21. The molecule has 0 spiro atoms. The maximum absolute atomic E-state index is 13.0. The Balaban J connectivity index is 2.46. The summed E-state index contributed by atoms with van der Waals surface area (Å²) in [5.74, 6) is -0.643. The van der Waals surface area contributed by atoms with E-state index < -0.39 is 22.5 Å². The van der Waals surface area contributed by atoms with Gasteiger partial charge >= 0.3 is 5.97 Å². The van der Waals surface area contributed by atoms with Crippen LogP contribution in [0.4, 0.5) is 5.69 Å². The van der Waals surface area contributed by atoms with E-state index in [2.05, 4.69) is 15.9 Å².